The average Bonchev–Trinajstić information content (AvgIpc) is 2.85. The first-order valence-electron chi connectivity index (χ1n) is 6.78. The minimum absolute atomic E-state index is 0.0763. The van der Waals surface area contributed by atoms with Crippen LogP contribution in [0.15, 0.2) is 50.4 Å². The molecular formula is C16H18BrNO2S. The predicted molar refractivity (Wildman–Crippen MR) is 89.7 cm³/mol. The molecule has 1 atom stereocenters. The molecule has 0 radical (unpaired) electrons. The third-order valence-corrected chi connectivity index (χ3v) is 4.56. The summed E-state index contributed by atoms with van der Waals surface area (Å²) in [5.74, 6) is 0.0776. The van der Waals surface area contributed by atoms with Gasteiger partial charge < -0.3 is 9.73 Å². The average molecular weight is 368 g/mol. The quantitative estimate of drug-likeness (QED) is 0.753. The molecule has 0 spiro atoms. The van der Waals surface area contributed by atoms with Crippen LogP contribution in [-0.4, -0.2) is 11.2 Å². The Kier molecular flexibility index (Phi) is 5.53. The number of carbonyl (C=O) groups excluding carboxylic acids is 1. The van der Waals surface area contributed by atoms with Gasteiger partial charge in [0.1, 0.15) is 0 Å². The molecule has 21 heavy (non-hydrogen) atoms. The summed E-state index contributed by atoms with van der Waals surface area (Å²) in [4.78, 5) is 13.3. The van der Waals surface area contributed by atoms with Crippen LogP contribution in [0.2, 0.25) is 0 Å². The second-order valence-corrected chi connectivity index (χ2v) is 7.53. The molecule has 1 aromatic heterocycles. The normalized spacial score (nSPS) is 12.4. The van der Waals surface area contributed by atoms with Crippen molar-refractivity contribution in [3.8, 4) is 0 Å². The van der Waals surface area contributed by atoms with Crippen molar-refractivity contribution in [2.45, 2.75) is 37.0 Å². The lowest BCUT2D eigenvalue weighted by Gasteiger charge is -2.14. The molecule has 0 saturated heterocycles. The first-order chi connectivity index (χ1) is 9.97. The molecule has 0 fully saturated rings. The Morgan fingerprint density at radius 3 is 2.38 bits per heavy atom. The van der Waals surface area contributed by atoms with Crippen LogP contribution in [0, 0.1) is 0 Å². The van der Waals surface area contributed by atoms with Gasteiger partial charge in [0.15, 0.2) is 0 Å². The summed E-state index contributed by atoms with van der Waals surface area (Å²) < 4.78 is 5.83. The molecule has 1 N–H and O–H groups in total. The molecule has 0 aliphatic heterocycles. The van der Waals surface area contributed by atoms with E-state index in [-0.39, 0.29) is 11.9 Å². The van der Waals surface area contributed by atoms with E-state index in [0.29, 0.717) is 15.5 Å². The van der Waals surface area contributed by atoms with Crippen molar-refractivity contribution >= 4 is 33.6 Å². The third-order valence-electron chi connectivity index (χ3n) is 2.92. The van der Waals surface area contributed by atoms with E-state index < -0.39 is 0 Å². The van der Waals surface area contributed by atoms with Gasteiger partial charge in [-0.25, -0.2) is 0 Å². The molecule has 0 aliphatic rings. The van der Waals surface area contributed by atoms with Gasteiger partial charge >= 0.3 is 0 Å². The first-order valence-corrected chi connectivity index (χ1v) is 8.45. The summed E-state index contributed by atoms with van der Waals surface area (Å²) in [6, 6.07) is 9.90. The topological polar surface area (TPSA) is 42.2 Å². The fraction of sp³-hybridized carbons (Fsp3) is 0.312. The molecule has 1 amide bonds. The highest BCUT2D eigenvalue weighted by molar-refractivity contribution is 9.10. The van der Waals surface area contributed by atoms with Crippen molar-refractivity contribution in [3.63, 3.8) is 0 Å². The molecule has 2 rings (SSSR count). The Morgan fingerprint density at radius 1 is 1.19 bits per heavy atom. The molecular weight excluding hydrogens is 350 g/mol. The standard InChI is InChI=1S/C16H18BrNO2S/c1-10(2)21-13-6-4-12(5-7-13)11(3)18-16(19)15-14(17)8-9-20-15/h4-11H,1-3H3,(H,18,19)/t11-/m1/s1. The summed E-state index contributed by atoms with van der Waals surface area (Å²) in [7, 11) is 0. The number of halogens is 1. The van der Waals surface area contributed by atoms with Gasteiger partial charge in [-0.2, -0.15) is 0 Å². The lowest BCUT2D eigenvalue weighted by molar-refractivity contribution is 0.0911. The Bertz CT molecular complexity index is 607. The minimum Gasteiger partial charge on any atom is -0.458 e. The lowest BCUT2D eigenvalue weighted by atomic mass is 10.1. The van der Waals surface area contributed by atoms with E-state index in [0.717, 1.165) is 5.56 Å². The van der Waals surface area contributed by atoms with Crippen LogP contribution in [-0.2, 0) is 0 Å². The molecule has 0 bridgehead atoms. The van der Waals surface area contributed by atoms with Crippen LogP contribution < -0.4 is 5.32 Å². The highest BCUT2D eigenvalue weighted by Gasteiger charge is 2.16. The molecule has 1 aromatic carbocycles. The maximum Gasteiger partial charge on any atom is 0.288 e. The van der Waals surface area contributed by atoms with Crippen LogP contribution >= 0.6 is 27.7 Å². The number of furan rings is 1. The zero-order chi connectivity index (χ0) is 15.4. The second-order valence-electron chi connectivity index (χ2n) is 5.03. The van der Waals surface area contributed by atoms with E-state index in [1.165, 1.54) is 11.2 Å². The summed E-state index contributed by atoms with van der Waals surface area (Å²) in [6.45, 7) is 6.30. The minimum atomic E-state index is -0.222. The smallest absolute Gasteiger partial charge is 0.288 e. The third kappa shape index (κ3) is 4.38. The van der Waals surface area contributed by atoms with E-state index >= 15 is 0 Å². The number of rotatable bonds is 5. The van der Waals surface area contributed by atoms with Crippen molar-refractivity contribution in [2.75, 3.05) is 0 Å². The SMILES string of the molecule is CC(C)Sc1ccc([C@@H](C)NC(=O)c2occc2Br)cc1. The molecule has 0 aliphatic carbocycles. The molecule has 0 saturated carbocycles. The van der Waals surface area contributed by atoms with Crippen molar-refractivity contribution in [1.29, 1.82) is 0 Å². The molecule has 5 heteroatoms. The molecule has 0 unspecified atom stereocenters. The van der Waals surface area contributed by atoms with Crippen molar-refractivity contribution in [3.05, 3.63) is 52.4 Å². The largest absolute Gasteiger partial charge is 0.458 e. The summed E-state index contributed by atoms with van der Waals surface area (Å²) in [6.07, 6.45) is 1.49. The van der Waals surface area contributed by atoms with E-state index in [2.05, 4.69) is 47.2 Å². The van der Waals surface area contributed by atoms with E-state index in [1.54, 1.807) is 6.07 Å². The Morgan fingerprint density at radius 2 is 1.86 bits per heavy atom. The number of amides is 1. The highest BCUT2D eigenvalue weighted by Crippen LogP contribution is 2.25. The van der Waals surface area contributed by atoms with Gasteiger partial charge in [-0.05, 0) is 46.6 Å². The number of hydrogen-bond donors (Lipinski definition) is 1. The van der Waals surface area contributed by atoms with Gasteiger partial charge in [-0.15, -0.1) is 11.8 Å². The van der Waals surface area contributed by atoms with Crippen molar-refractivity contribution in [1.82, 2.24) is 5.32 Å². The van der Waals surface area contributed by atoms with Crippen LogP contribution in [0.5, 0.6) is 0 Å². The summed E-state index contributed by atoms with van der Waals surface area (Å²) >= 11 is 5.11. The predicted octanol–water partition coefficient (Wildman–Crippen LogP) is 5.03. The summed E-state index contributed by atoms with van der Waals surface area (Å²) in [5.41, 5.74) is 1.07. The van der Waals surface area contributed by atoms with Crippen LogP contribution in [0.3, 0.4) is 0 Å². The van der Waals surface area contributed by atoms with Gasteiger partial charge in [0.2, 0.25) is 5.76 Å². The van der Waals surface area contributed by atoms with Gasteiger partial charge in [0, 0.05) is 10.1 Å². The lowest BCUT2D eigenvalue weighted by Crippen LogP contribution is -2.26. The zero-order valence-corrected chi connectivity index (χ0v) is 14.6. The molecule has 3 nitrogen and oxygen atoms in total. The van der Waals surface area contributed by atoms with Gasteiger partial charge in [-0.1, -0.05) is 26.0 Å². The fourth-order valence-electron chi connectivity index (χ4n) is 1.91. The Labute approximate surface area is 137 Å². The fourth-order valence-corrected chi connectivity index (χ4v) is 3.13. The van der Waals surface area contributed by atoms with Gasteiger partial charge in [0.25, 0.3) is 5.91 Å². The van der Waals surface area contributed by atoms with E-state index in [1.807, 2.05) is 30.8 Å². The van der Waals surface area contributed by atoms with Gasteiger partial charge in [0.05, 0.1) is 16.8 Å². The number of carbonyl (C=O) groups is 1. The monoisotopic (exact) mass is 367 g/mol. The number of thioether (sulfide) groups is 1. The number of hydrogen-bond acceptors (Lipinski definition) is 3. The maximum absolute atomic E-state index is 12.1. The van der Waals surface area contributed by atoms with Crippen LogP contribution in [0.1, 0.15) is 42.9 Å². The van der Waals surface area contributed by atoms with Crippen LogP contribution in [0.4, 0.5) is 0 Å². The highest BCUT2D eigenvalue weighted by atomic mass is 79.9. The Balaban J connectivity index is 2.01. The molecule has 112 valence electrons. The zero-order valence-electron chi connectivity index (χ0n) is 12.2. The second kappa shape index (κ2) is 7.18. The van der Waals surface area contributed by atoms with Crippen LogP contribution in [0.25, 0.3) is 0 Å². The number of nitrogens with one attached hydrogen (secondary N) is 1. The van der Waals surface area contributed by atoms with Crippen molar-refractivity contribution in [2.24, 2.45) is 0 Å². The first kappa shape index (κ1) is 16.2. The molecule has 1 heterocycles. The summed E-state index contributed by atoms with van der Waals surface area (Å²) in [5, 5.41) is 3.49. The Hall–Kier alpha value is -1.20. The van der Waals surface area contributed by atoms with E-state index in [4.69, 9.17) is 4.42 Å². The van der Waals surface area contributed by atoms with E-state index in [9.17, 15) is 4.79 Å². The van der Waals surface area contributed by atoms with Gasteiger partial charge in [-0.3, -0.25) is 4.79 Å². The van der Waals surface area contributed by atoms with Crippen molar-refractivity contribution < 1.29 is 9.21 Å². The molecule has 2 aromatic rings. The number of benzene rings is 1. The maximum atomic E-state index is 12.1.